The molecule has 198 valence electrons. The Bertz CT molecular complexity index is 1410. The van der Waals surface area contributed by atoms with Crippen LogP contribution < -0.4 is 31.4 Å². The highest BCUT2D eigenvalue weighted by atomic mass is 16.5. The fourth-order valence-corrected chi connectivity index (χ4v) is 3.89. The Kier molecular flexibility index (Phi) is 8.75. The van der Waals surface area contributed by atoms with Crippen LogP contribution in [0.25, 0.3) is 10.9 Å². The molecule has 2 aromatic carbocycles. The highest BCUT2D eigenvalue weighted by Crippen LogP contribution is 2.30. The second-order valence-corrected chi connectivity index (χ2v) is 9.19. The van der Waals surface area contributed by atoms with E-state index in [0.29, 0.717) is 22.6 Å². The summed E-state index contributed by atoms with van der Waals surface area (Å²) in [6, 6.07) is 9.64. The van der Waals surface area contributed by atoms with Crippen LogP contribution in [-0.4, -0.2) is 47.3 Å². The van der Waals surface area contributed by atoms with Crippen molar-refractivity contribution in [2.45, 2.75) is 59.3 Å². The van der Waals surface area contributed by atoms with Crippen molar-refractivity contribution in [3.05, 3.63) is 68.4 Å². The molecule has 0 fully saturated rings. The average molecular weight is 511 g/mol. The van der Waals surface area contributed by atoms with Gasteiger partial charge in [-0.25, -0.2) is 4.79 Å². The first-order chi connectivity index (χ1) is 17.6. The number of ether oxygens (including phenoxy) is 2. The smallest absolute Gasteiger partial charge is 0.332 e. The summed E-state index contributed by atoms with van der Waals surface area (Å²) in [5.41, 5.74) is 0.228. The van der Waals surface area contributed by atoms with E-state index in [1.807, 2.05) is 27.7 Å². The summed E-state index contributed by atoms with van der Waals surface area (Å²) in [4.78, 5) is 52.0. The van der Waals surface area contributed by atoms with E-state index in [1.54, 1.807) is 24.3 Å². The largest absolute Gasteiger partial charge is 0.493 e. The summed E-state index contributed by atoms with van der Waals surface area (Å²) in [6.45, 7) is 7.25. The molecule has 2 amide bonds. The Morgan fingerprint density at radius 3 is 2.11 bits per heavy atom. The Balaban J connectivity index is 2.11. The highest BCUT2D eigenvalue weighted by Gasteiger charge is 2.19. The predicted octanol–water partition coefficient (Wildman–Crippen LogP) is 2.28. The van der Waals surface area contributed by atoms with Crippen LogP contribution in [0.2, 0.25) is 0 Å². The zero-order valence-corrected chi connectivity index (χ0v) is 22.1. The van der Waals surface area contributed by atoms with Crippen LogP contribution in [-0.2, 0) is 17.9 Å². The number of amides is 2. The van der Waals surface area contributed by atoms with Gasteiger partial charge in [-0.1, -0.05) is 19.1 Å². The van der Waals surface area contributed by atoms with Gasteiger partial charge in [0, 0.05) is 23.7 Å². The highest BCUT2D eigenvalue weighted by molar-refractivity contribution is 5.94. The Labute approximate surface area is 215 Å². The van der Waals surface area contributed by atoms with Crippen molar-refractivity contribution in [2.75, 3.05) is 14.2 Å². The molecule has 0 saturated heterocycles. The van der Waals surface area contributed by atoms with Crippen LogP contribution in [0.4, 0.5) is 0 Å². The van der Waals surface area contributed by atoms with Crippen molar-refractivity contribution in [3.63, 3.8) is 0 Å². The van der Waals surface area contributed by atoms with Gasteiger partial charge in [0.1, 0.15) is 6.54 Å². The van der Waals surface area contributed by atoms with E-state index in [4.69, 9.17) is 9.47 Å². The van der Waals surface area contributed by atoms with Gasteiger partial charge in [-0.2, -0.15) is 0 Å². The lowest BCUT2D eigenvalue weighted by Gasteiger charge is -2.17. The lowest BCUT2D eigenvalue weighted by atomic mass is 10.1. The number of nitrogens with one attached hydrogen (secondary N) is 2. The van der Waals surface area contributed by atoms with E-state index in [2.05, 4.69) is 10.6 Å². The number of benzene rings is 2. The molecule has 10 heteroatoms. The Hall–Kier alpha value is -4.08. The van der Waals surface area contributed by atoms with Crippen LogP contribution in [0.1, 0.15) is 50.0 Å². The first-order valence-corrected chi connectivity index (χ1v) is 12.2. The number of aromatic nitrogens is 2. The molecule has 0 saturated carbocycles. The zero-order chi connectivity index (χ0) is 27.3. The monoisotopic (exact) mass is 510 g/mol. The molecule has 0 aliphatic heterocycles. The van der Waals surface area contributed by atoms with Crippen LogP contribution in [0.3, 0.4) is 0 Å². The first kappa shape index (κ1) is 27.5. The van der Waals surface area contributed by atoms with Gasteiger partial charge in [0.2, 0.25) is 5.91 Å². The number of carbonyl (C=O) groups excluding carboxylic acids is 2. The summed E-state index contributed by atoms with van der Waals surface area (Å²) in [7, 11) is 2.91. The van der Waals surface area contributed by atoms with E-state index >= 15 is 0 Å². The number of hydrogen-bond acceptors (Lipinski definition) is 6. The van der Waals surface area contributed by atoms with E-state index < -0.39 is 11.2 Å². The number of carbonyl (C=O) groups is 2. The predicted molar refractivity (Wildman–Crippen MR) is 142 cm³/mol. The topological polar surface area (TPSA) is 121 Å². The van der Waals surface area contributed by atoms with Gasteiger partial charge in [0.05, 0.1) is 31.7 Å². The van der Waals surface area contributed by atoms with Gasteiger partial charge in [-0.05, 0) is 51.0 Å². The second-order valence-electron chi connectivity index (χ2n) is 9.19. The molecule has 0 aliphatic carbocycles. The maximum atomic E-state index is 13.6. The minimum atomic E-state index is -0.634. The molecule has 0 spiro atoms. The molecule has 1 heterocycles. The molecule has 3 rings (SSSR count). The van der Waals surface area contributed by atoms with Gasteiger partial charge in [-0.15, -0.1) is 0 Å². The third-order valence-electron chi connectivity index (χ3n) is 6.03. The van der Waals surface area contributed by atoms with Crippen molar-refractivity contribution in [1.29, 1.82) is 0 Å². The number of hydrogen-bond donors (Lipinski definition) is 2. The van der Waals surface area contributed by atoms with Crippen LogP contribution in [0.15, 0.2) is 46.0 Å². The maximum Gasteiger partial charge on any atom is 0.332 e. The van der Waals surface area contributed by atoms with Crippen LogP contribution in [0, 0.1) is 0 Å². The van der Waals surface area contributed by atoms with Crippen LogP contribution in [0.5, 0.6) is 11.5 Å². The molecule has 1 aromatic heterocycles. The van der Waals surface area contributed by atoms with E-state index in [-0.39, 0.29) is 47.9 Å². The van der Waals surface area contributed by atoms with Crippen LogP contribution >= 0.6 is 0 Å². The van der Waals surface area contributed by atoms with Gasteiger partial charge in [0.25, 0.3) is 11.5 Å². The molecule has 0 aliphatic rings. The molecule has 3 aromatic rings. The third kappa shape index (κ3) is 6.19. The second kappa shape index (κ2) is 11.8. The standard InChI is InChI=1S/C27H34N4O6/c1-7-17(4)29-24(32)15-30-21-13-23(37-6)22(36-5)12-20(21)26(34)31(27(30)35)14-18-8-10-19(11-9-18)25(33)28-16(2)3/h8-13,16-17H,7,14-15H2,1-6H3,(H,28,33)(H,29,32)/t17-/m1/s1. The van der Waals surface area contributed by atoms with E-state index in [0.717, 1.165) is 11.0 Å². The summed E-state index contributed by atoms with van der Waals surface area (Å²) >= 11 is 0. The summed E-state index contributed by atoms with van der Waals surface area (Å²) in [5.74, 6) is 0.102. The minimum Gasteiger partial charge on any atom is -0.493 e. The molecule has 1 atom stereocenters. The number of fused-ring (bicyclic) bond motifs is 1. The zero-order valence-electron chi connectivity index (χ0n) is 22.1. The Morgan fingerprint density at radius 1 is 0.919 bits per heavy atom. The molecule has 0 bridgehead atoms. The van der Waals surface area contributed by atoms with E-state index in [9.17, 15) is 19.2 Å². The van der Waals surface area contributed by atoms with E-state index in [1.165, 1.54) is 30.9 Å². The summed E-state index contributed by atoms with van der Waals surface area (Å²) in [5, 5.41) is 5.89. The lowest BCUT2D eigenvalue weighted by Crippen LogP contribution is -2.44. The molecule has 0 unspecified atom stereocenters. The number of methoxy groups -OCH3 is 2. The number of rotatable bonds is 10. The van der Waals surface area contributed by atoms with Crippen molar-refractivity contribution in [3.8, 4) is 11.5 Å². The molecule has 10 nitrogen and oxygen atoms in total. The molecule has 2 N–H and O–H groups in total. The molecule has 37 heavy (non-hydrogen) atoms. The van der Waals surface area contributed by atoms with Crippen molar-refractivity contribution in [2.24, 2.45) is 0 Å². The lowest BCUT2D eigenvalue weighted by molar-refractivity contribution is -0.122. The van der Waals surface area contributed by atoms with Gasteiger partial charge in [-0.3, -0.25) is 23.5 Å². The van der Waals surface area contributed by atoms with Gasteiger partial charge < -0.3 is 20.1 Å². The first-order valence-electron chi connectivity index (χ1n) is 12.2. The number of nitrogens with zero attached hydrogens (tertiary/aromatic N) is 2. The Morgan fingerprint density at radius 2 is 1.54 bits per heavy atom. The SMILES string of the molecule is CC[C@@H](C)NC(=O)Cn1c(=O)n(Cc2ccc(C(=O)NC(C)C)cc2)c(=O)c2cc(OC)c(OC)cc21. The summed E-state index contributed by atoms with van der Waals surface area (Å²) < 4.78 is 13.1. The maximum absolute atomic E-state index is 13.6. The molecule has 0 radical (unpaired) electrons. The average Bonchev–Trinajstić information content (AvgIpc) is 2.88. The molecular formula is C27H34N4O6. The summed E-state index contributed by atoms with van der Waals surface area (Å²) in [6.07, 6.45) is 0.733. The minimum absolute atomic E-state index is 0.00468. The van der Waals surface area contributed by atoms with Crippen molar-refractivity contribution in [1.82, 2.24) is 19.8 Å². The third-order valence-corrected chi connectivity index (χ3v) is 6.03. The quantitative estimate of drug-likeness (QED) is 0.432. The van der Waals surface area contributed by atoms with Crippen molar-refractivity contribution >= 4 is 22.7 Å². The van der Waals surface area contributed by atoms with Gasteiger partial charge >= 0.3 is 5.69 Å². The van der Waals surface area contributed by atoms with Gasteiger partial charge in [0.15, 0.2) is 11.5 Å². The normalized spacial score (nSPS) is 11.9. The fourth-order valence-electron chi connectivity index (χ4n) is 3.89. The van der Waals surface area contributed by atoms with Crippen molar-refractivity contribution < 1.29 is 19.1 Å². The fraction of sp³-hybridized carbons (Fsp3) is 0.407. The molecular weight excluding hydrogens is 476 g/mol.